The predicted octanol–water partition coefficient (Wildman–Crippen LogP) is 2.95. The molecular weight excluding hydrogens is 385 g/mol. The average Bonchev–Trinajstić information content (AvgIpc) is 2.67. The van der Waals surface area contributed by atoms with Gasteiger partial charge in [-0.1, -0.05) is 23.7 Å². The van der Waals surface area contributed by atoms with Crippen LogP contribution >= 0.6 is 11.6 Å². The minimum Gasteiger partial charge on any atom is -0.358 e. The Hall–Kier alpha value is -3.19. The van der Waals surface area contributed by atoms with E-state index < -0.39 is 23.1 Å². The Labute approximate surface area is 164 Å². The lowest BCUT2D eigenvalue weighted by Crippen LogP contribution is -2.29. The Morgan fingerprint density at radius 3 is 2.50 bits per heavy atom. The van der Waals surface area contributed by atoms with Crippen molar-refractivity contribution in [2.24, 2.45) is 0 Å². The molecule has 8 heteroatoms. The van der Waals surface area contributed by atoms with Gasteiger partial charge in [0.25, 0.3) is 11.8 Å². The van der Waals surface area contributed by atoms with Gasteiger partial charge in [0.1, 0.15) is 11.4 Å². The molecule has 0 aliphatic carbocycles. The maximum Gasteiger partial charge on any atom is 0.257 e. The molecule has 0 aliphatic rings. The summed E-state index contributed by atoms with van der Waals surface area (Å²) in [5, 5.41) is 3.15. The molecule has 2 aromatic carbocycles. The molecule has 0 saturated heterocycles. The minimum atomic E-state index is -0.743. The van der Waals surface area contributed by atoms with Crippen LogP contribution in [0.5, 0.6) is 0 Å². The highest BCUT2D eigenvalue weighted by molar-refractivity contribution is 6.30. The topological polar surface area (TPSA) is 82.3 Å². The highest BCUT2D eigenvalue weighted by atomic mass is 35.5. The maximum absolute atomic E-state index is 14.3. The molecule has 6 nitrogen and oxygen atoms in total. The number of hydrogen-bond donors (Lipinski definition) is 2. The number of hydrogen-bond acceptors (Lipinski definition) is 3. The monoisotopic (exact) mass is 401 g/mol. The van der Waals surface area contributed by atoms with Crippen LogP contribution in [0.2, 0.25) is 5.02 Å². The molecule has 1 heterocycles. The number of nitrogens with zero attached hydrogens (tertiary/aromatic N) is 1. The average molecular weight is 402 g/mol. The Balaban J connectivity index is 1.94. The molecule has 0 fully saturated rings. The van der Waals surface area contributed by atoms with E-state index >= 15 is 0 Å². The SMILES string of the molecule is CN(C)C(=O)c1cc(F)c2[nH]cc(C(=O)NCc3ccc(Cl)cc3)c(=O)c2c1. The Morgan fingerprint density at radius 2 is 1.86 bits per heavy atom. The normalized spacial score (nSPS) is 10.7. The van der Waals surface area contributed by atoms with Crippen molar-refractivity contribution in [2.75, 3.05) is 14.1 Å². The van der Waals surface area contributed by atoms with Gasteiger partial charge in [0.15, 0.2) is 0 Å². The number of pyridine rings is 1. The zero-order chi connectivity index (χ0) is 20.4. The fraction of sp³-hybridized carbons (Fsp3) is 0.150. The fourth-order valence-corrected chi connectivity index (χ4v) is 2.84. The van der Waals surface area contributed by atoms with Crippen LogP contribution in [0, 0.1) is 5.82 Å². The summed E-state index contributed by atoms with van der Waals surface area (Å²) in [7, 11) is 3.05. The van der Waals surface area contributed by atoms with Crippen LogP contribution in [0.25, 0.3) is 10.9 Å². The van der Waals surface area contributed by atoms with E-state index in [-0.39, 0.29) is 28.6 Å². The number of fused-ring (bicyclic) bond motifs is 1. The lowest BCUT2D eigenvalue weighted by Gasteiger charge is -2.12. The van der Waals surface area contributed by atoms with E-state index in [1.165, 1.54) is 31.3 Å². The van der Waals surface area contributed by atoms with Crippen LogP contribution < -0.4 is 10.7 Å². The number of carbonyl (C=O) groups excluding carboxylic acids is 2. The van der Waals surface area contributed by atoms with Crippen molar-refractivity contribution in [3.8, 4) is 0 Å². The summed E-state index contributed by atoms with van der Waals surface area (Å²) in [5.41, 5.74) is -0.0568. The molecule has 2 amide bonds. The lowest BCUT2D eigenvalue weighted by atomic mass is 10.1. The Kier molecular flexibility index (Phi) is 5.46. The number of aromatic nitrogens is 1. The molecule has 0 bridgehead atoms. The molecule has 144 valence electrons. The van der Waals surface area contributed by atoms with Gasteiger partial charge in [-0.3, -0.25) is 14.4 Å². The van der Waals surface area contributed by atoms with Crippen molar-refractivity contribution in [1.29, 1.82) is 0 Å². The fourth-order valence-electron chi connectivity index (χ4n) is 2.72. The molecule has 0 radical (unpaired) electrons. The number of aromatic amines is 1. The van der Waals surface area contributed by atoms with Crippen molar-refractivity contribution in [3.05, 3.63) is 80.3 Å². The number of amides is 2. The van der Waals surface area contributed by atoms with E-state index in [1.807, 2.05) is 0 Å². The van der Waals surface area contributed by atoms with Gasteiger partial charge in [-0.15, -0.1) is 0 Å². The van der Waals surface area contributed by atoms with Crippen molar-refractivity contribution >= 4 is 34.3 Å². The van der Waals surface area contributed by atoms with Gasteiger partial charge >= 0.3 is 0 Å². The van der Waals surface area contributed by atoms with Crippen molar-refractivity contribution in [3.63, 3.8) is 0 Å². The van der Waals surface area contributed by atoms with Crippen LogP contribution in [0.4, 0.5) is 4.39 Å². The molecule has 0 aliphatic heterocycles. The smallest absolute Gasteiger partial charge is 0.257 e. The lowest BCUT2D eigenvalue weighted by molar-refractivity contribution is 0.0827. The highest BCUT2D eigenvalue weighted by Crippen LogP contribution is 2.17. The quantitative estimate of drug-likeness (QED) is 0.705. The van der Waals surface area contributed by atoms with Gasteiger partial charge in [-0.2, -0.15) is 0 Å². The van der Waals surface area contributed by atoms with Gasteiger partial charge in [0.05, 0.1) is 10.9 Å². The van der Waals surface area contributed by atoms with E-state index in [9.17, 15) is 18.8 Å². The number of H-pyrrole nitrogens is 1. The number of halogens is 2. The number of nitrogens with one attached hydrogen (secondary N) is 2. The molecule has 0 atom stereocenters. The number of rotatable bonds is 4. The second kappa shape index (κ2) is 7.82. The van der Waals surface area contributed by atoms with Crippen LogP contribution in [0.3, 0.4) is 0 Å². The van der Waals surface area contributed by atoms with Crippen molar-refractivity contribution in [2.45, 2.75) is 6.54 Å². The van der Waals surface area contributed by atoms with Gasteiger partial charge in [0.2, 0.25) is 5.43 Å². The Bertz CT molecular complexity index is 1120. The highest BCUT2D eigenvalue weighted by Gasteiger charge is 2.18. The summed E-state index contributed by atoms with van der Waals surface area (Å²) in [5.74, 6) is -1.80. The van der Waals surface area contributed by atoms with Crippen LogP contribution in [0.1, 0.15) is 26.3 Å². The zero-order valence-electron chi connectivity index (χ0n) is 15.2. The third-order valence-electron chi connectivity index (χ3n) is 4.20. The first-order chi connectivity index (χ1) is 13.3. The molecule has 3 rings (SSSR count). The summed E-state index contributed by atoms with van der Waals surface area (Å²) < 4.78 is 14.3. The largest absolute Gasteiger partial charge is 0.358 e. The predicted molar refractivity (Wildman–Crippen MR) is 105 cm³/mol. The molecule has 0 saturated carbocycles. The summed E-state index contributed by atoms with van der Waals surface area (Å²) in [6.45, 7) is 0.195. The molecular formula is C20H17ClFN3O3. The number of benzene rings is 2. The molecule has 1 aromatic heterocycles. The standard InChI is InChI=1S/C20H17ClFN3O3/c1-25(2)20(28)12-7-14-17(16(22)8-12)23-10-15(18(14)26)19(27)24-9-11-3-5-13(21)6-4-11/h3-8,10H,9H2,1-2H3,(H,23,26)(H,24,27). The van der Waals surface area contributed by atoms with Gasteiger partial charge in [-0.25, -0.2) is 4.39 Å². The molecule has 2 N–H and O–H groups in total. The van der Waals surface area contributed by atoms with E-state index in [0.29, 0.717) is 5.02 Å². The Morgan fingerprint density at radius 1 is 1.18 bits per heavy atom. The summed E-state index contributed by atoms with van der Waals surface area (Å²) >= 11 is 5.82. The summed E-state index contributed by atoms with van der Waals surface area (Å²) in [6.07, 6.45) is 1.17. The first kappa shape index (κ1) is 19.6. The van der Waals surface area contributed by atoms with Crippen LogP contribution in [-0.4, -0.2) is 35.8 Å². The van der Waals surface area contributed by atoms with E-state index in [1.54, 1.807) is 24.3 Å². The van der Waals surface area contributed by atoms with Crippen LogP contribution in [0.15, 0.2) is 47.4 Å². The van der Waals surface area contributed by atoms with Crippen molar-refractivity contribution < 1.29 is 14.0 Å². The van der Waals surface area contributed by atoms with Crippen molar-refractivity contribution in [1.82, 2.24) is 15.2 Å². The second-order valence-corrected chi connectivity index (χ2v) is 6.86. The summed E-state index contributed by atoms with van der Waals surface area (Å²) in [6, 6.07) is 9.23. The first-order valence-electron chi connectivity index (χ1n) is 8.37. The van der Waals surface area contributed by atoms with Gasteiger partial charge in [0, 0.05) is 37.4 Å². The van der Waals surface area contributed by atoms with Gasteiger partial charge in [-0.05, 0) is 29.8 Å². The number of carbonyl (C=O) groups is 2. The summed E-state index contributed by atoms with van der Waals surface area (Å²) in [4.78, 5) is 41.2. The minimum absolute atomic E-state index is 0.0271. The third kappa shape index (κ3) is 3.89. The zero-order valence-corrected chi connectivity index (χ0v) is 15.9. The second-order valence-electron chi connectivity index (χ2n) is 6.42. The van der Waals surface area contributed by atoms with E-state index in [2.05, 4.69) is 10.3 Å². The van der Waals surface area contributed by atoms with E-state index in [4.69, 9.17) is 11.6 Å². The molecule has 0 unspecified atom stereocenters. The molecule has 0 spiro atoms. The van der Waals surface area contributed by atoms with E-state index in [0.717, 1.165) is 11.6 Å². The third-order valence-corrected chi connectivity index (χ3v) is 4.46. The van der Waals surface area contributed by atoms with Crippen LogP contribution in [-0.2, 0) is 6.54 Å². The molecule has 3 aromatic rings. The first-order valence-corrected chi connectivity index (χ1v) is 8.75. The van der Waals surface area contributed by atoms with Gasteiger partial charge < -0.3 is 15.2 Å². The maximum atomic E-state index is 14.3. The molecule has 28 heavy (non-hydrogen) atoms.